The molecular formula is C15H22FNO. The van der Waals surface area contributed by atoms with Crippen molar-refractivity contribution in [3.8, 4) is 5.75 Å². The summed E-state index contributed by atoms with van der Waals surface area (Å²) in [6.45, 7) is 3.32. The Morgan fingerprint density at radius 3 is 2.83 bits per heavy atom. The molecule has 2 nitrogen and oxygen atoms in total. The fourth-order valence-electron chi connectivity index (χ4n) is 2.04. The van der Waals surface area contributed by atoms with Crippen molar-refractivity contribution < 1.29 is 9.13 Å². The van der Waals surface area contributed by atoms with Gasteiger partial charge in [0.1, 0.15) is 0 Å². The quantitative estimate of drug-likeness (QED) is 0.803. The van der Waals surface area contributed by atoms with Gasteiger partial charge in [0.2, 0.25) is 0 Å². The fourth-order valence-corrected chi connectivity index (χ4v) is 2.04. The lowest BCUT2D eigenvalue weighted by atomic mass is 10.0. The van der Waals surface area contributed by atoms with Gasteiger partial charge in [-0.1, -0.05) is 13.0 Å². The zero-order valence-corrected chi connectivity index (χ0v) is 11.2. The molecule has 2 rings (SSSR count). The number of aryl methyl sites for hydroxylation is 1. The second-order valence-corrected chi connectivity index (χ2v) is 5.30. The third-order valence-corrected chi connectivity index (χ3v) is 3.47. The molecule has 1 aromatic carbocycles. The minimum Gasteiger partial charge on any atom is -0.494 e. The number of halogens is 1. The van der Waals surface area contributed by atoms with Gasteiger partial charge in [-0.2, -0.15) is 0 Å². The maximum atomic E-state index is 13.5. The highest BCUT2D eigenvalue weighted by Gasteiger charge is 2.20. The van der Waals surface area contributed by atoms with Crippen molar-refractivity contribution in [3.05, 3.63) is 29.6 Å². The second-order valence-electron chi connectivity index (χ2n) is 5.30. The first-order chi connectivity index (χ1) is 8.69. The summed E-state index contributed by atoms with van der Waals surface area (Å²) in [5, 5.41) is 3.53. The van der Waals surface area contributed by atoms with Crippen molar-refractivity contribution >= 4 is 0 Å². The van der Waals surface area contributed by atoms with Crippen molar-refractivity contribution in [2.75, 3.05) is 13.7 Å². The van der Waals surface area contributed by atoms with Gasteiger partial charge in [0.15, 0.2) is 11.6 Å². The number of hydrogen-bond acceptors (Lipinski definition) is 2. The Bertz CT molecular complexity index is 390. The number of hydrogen-bond donors (Lipinski definition) is 1. The van der Waals surface area contributed by atoms with Crippen LogP contribution < -0.4 is 10.1 Å². The summed E-state index contributed by atoms with van der Waals surface area (Å²) >= 11 is 0. The van der Waals surface area contributed by atoms with Gasteiger partial charge in [-0.3, -0.25) is 0 Å². The van der Waals surface area contributed by atoms with Crippen molar-refractivity contribution in [2.24, 2.45) is 5.92 Å². The Balaban J connectivity index is 1.76. The van der Waals surface area contributed by atoms with Crippen LogP contribution in [0.3, 0.4) is 0 Å². The number of methoxy groups -OCH3 is 1. The average molecular weight is 251 g/mol. The van der Waals surface area contributed by atoms with E-state index in [9.17, 15) is 4.39 Å². The van der Waals surface area contributed by atoms with E-state index in [-0.39, 0.29) is 5.82 Å². The lowest BCUT2D eigenvalue weighted by Crippen LogP contribution is -2.23. The van der Waals surface area contributed by atoms with E-state index in [1.165, 1.54) is 20.0 Å². The second kappa shape index (κ2) is 6.19. The van der Waals surface area contributed by atoms with Crippen LogP contribution in [0.2, 0.25) is 0 Å². The molecule has 0 bridgehead atoms. The SMILES string of the molecule is COc1ccc(CCC(C)CNC2CC2)cc1F. The normalized spacial score (nSPS) is 16.6. The molecule has 1 aliphatic carbocycles. The highest BCUT2D eigenvalue weighted by Crippen LogP contribution is 2.21. The molecule has 1 fully saturated rings. The first-order valence-corrected chi connectivity index (χ1v) is 6.75. The molecule has 0 amide bonds. The van der Waals surface area contributed by atoms with Crippen LogP contribution in [0.1, 0.15) is 31.7 Å². The molecule has 18 heavy (non-hydrogen) atoms. The molecule has 1 N–H and O–H groups in total. The Morgan fingerprint density at radius 2 is 2.22 bits per heavy atom. The van der Waals surface area contributed by atoms with Crippen LogP contribution in [0.5, 0.6) is 5.75 Å². The van der Waals surface area contributed by atoms with E-state index in [2.05, 4.69) is 12.2 Å². The summed E-state index contributed by atoms with van der Waals surface area (Å²) in [5.74, 6) is 0.691. The van der Waals surface area contributed by atoms with Gasteiger partial charge in [-0.15, -0.1) is 0 Å². The minimum atomic E-state index is -0.265. The third kappa shape index (κ3) is 3.98. The molecule has 1 unspecified atom stereocenters. The van der Waals surface area contributed by atoms with Crippen molar-refractivity contribution in [3.63, 3.8) is 0 Å². The molecule has 0 aromatic heterocycles. The maximum Gasteiger partial charge on any atom is 0.165 e. The Kier molecular flexibility index (Phi) is 4.59. The zero-order chi connectivity index (χ0) is 13.0. The predicted octanol–water partition coefficient (Wildman–Crippen LogP) is 3.16. The molecule has 0 radical (unpaired) electrons. The van der Waals surface area contributed by atoms with Crippen LogP contribution in [0.4, 0.5) is 4.39 Å². The van der Waals surface area contributed by atoms with Gasteiger partial charge in [0.25, 0.3) is 0 Å². The Morgan fingerprint density at radius 1 is 1.44 bits per heavy atom. The largest absolute Gasteiger partial charge is 0.494 e. The van der Waals surface area contributed by atoms with Gasteiger partial charge in [-0.25, -0.2) is 4.39 Å². The van der Waals surface area contributed by atoms with Crippen LogP contribution in [-0.2, 0) is 6.42 Å². The highest BCUT2D eigenvalue weighted by atomic mass is 19.1. The van der Waals surface area contributed by atoms with Crippen LogP contribution in [0, 0.1) is 11.7 Å². The van der Waals surface area contributed by atoms with E-state index in [1.807, 2.05) is 6.07 Å². The third-order valence-electron chi connectivity index (χ3n) is 3.47. The van der Waals surface area contributed by atoms with Crippen molar-refractivity contribution in [1.82, 2.24) is 5.32 Å². The van der Waals surface area contributed by atoms with E-state index in [0.29, 0.717) is 11.7 Å². The molecule has 1 aliphatic rings. The summed E-state index contributed by atoms with van der Waals surface area (Å²) in [5.41, 5.74) is 1.05. The van der Waals surface area contributed by atoms with Crippen LogP contribution in [0.25, 0.3) is 0 Å². The van der Waals surface area contributed by atoms with E-state index < -0.39 is 0 Å². The lowest BCUT2D eigenvalue weighted by molar-refractivity contribution is 0.386. The van der Waals surface area contributed by atoms with Gasteiger partial charge in [-0.05, 0) is 55.8 Å². The Labute approximate surface area is 109 Å². The molecule has 0 spiro atoms. The van der Waals surface area contributed by atoms with Gasteiger partial charge in [0, 0.05) is 6.04 Å². The maximum absolute atomic E-state index is 13.5. The fraction of sp³-hybridized carbons (Fsp3) is 0.600. The standard InChI is InChI=1S/C15H22FNO/c1-11(10-17-13-6-7-13)3-4-12-5-8-15(18-2)14(16)9-12/h5,8-9,11,13,17H,3-4,6-7,10H2,1-2H3. The Hall–Kier alpha value is -1.09. The first kappa shape index (κ1) is 13.3. The molecule has 1 atom stereocenters. The van der Waals surface area contributed by atoms with Gasteiger partial charge < -0.3 is 10.1 Å². The molecule has 0 saturated heterocycles. The molecule has 100 valence electrons. The van der Waals surface area contributed by atoms with E-state index >= 15 is 0 Å². The summed E-state index contributed by atoms with van der Waals surface area (Å²) in [7, 11) is 1.49. The average Bonchev–Trinajstić information content (AvgIpc) is 3.18. The van der Waals surface area contributed by atoms with E-state index in [4.69, 9.17) is 4.74 Å². The number of ether oxygens (including phenoxy) is 1. The molecule has 0 heterocycles. The highest BCUT2D eigenvalue weighted by molar-refractivity contribution is 5.29. The molecule has 1 aromatic rings. The van der Waals surface area contributed by atoms with E-state index in [0.717, 1.165) is 31.0 Å². The summed E-state index contributed by atoms with van der Waals surface area (Å²) in [6.07, 6.45) is 4.67. The summed E-state index contributed by atoms with van der Waals surface area (Å²) in [4.78, 5) is 0. The molecular weight excluding hydrogens is 229 g/mol. The smallest absolute Gasteiger partial charge is 0.165 e. The van der Waals surface area contributed by atoms with Crippen molar-refractivity contribution in [2.45, 2.75) is 38.6 Å². The van der Waals surface area contributed by atoms with Gasteiger partial charge >= 0.3 is 0 Å². The van der Waals surface area contributed by atoms with Gasteiger partial charge in [0.05, 0.1) is 7.11 Å². The van der Waals surface area contributed by atoms with Crippen LogP contribution >= 0.6 is 0 Å². The van der Waals surface area contributed by atoms with Crippen LogP contribution in [0.15, 0.2) is 18.2 Å². The topological polar surface area (TPSA) is 21.3 Å². The molecule has 3 heteroatoms. The monoisotopic (exact) mass is 251 g/mol. The zero-order valence-electron chi connectivity index (χ0n) is 11.2. The predicted molar refractivity (Wildman–Crippen MR) is 71.5 cm³/mol. The first-order valence-electron chi connectivity index (χ1n) is 6.75. The van der Waals surface area contributed by atoms with E-state index in [1.54, 1.807) is 12.1 Å². The summed E-state index contributed by atoms with van der Waals surface area (Å²) < 4.78 is 18.4. The number of benzene rings is 1. The van der Waals surface area contributed by atoms with Crippen LogP contribution in [-0.4, -0.2) is 19.7 Å². The van der Waals surface area contributed by atoms with Crippen molar-refractivity contribution in [1.29, 1.82) is 0 Å². The lowest BCUT2D eigenvalue weighted by Gasteiger charge is -2.12. The summed E-state index contributed by atoms with van der Waals surface area (Å²) in [6, 6.07) is 6.01. The molecule has 1 saturated carbocycles. The molecule has 0 aliphatic heterocycles. The minimum absolute atomic E-state index is 0.265. The number of rotatable bonds is 7. The number of nitrogens with one attached hydrogen (secondary N) is 1.